The second-order valence-corrected chi connectivity index (χ2v) is 30.7. The standard InChI is InChI=1S/2C53H36/c1-53(2)51-46-14-8-5-10-34(46)23-25-47(51)48-26-24-35-16-18-41(31-50(35)52(48)53)44-30-42-12-6-7-13-45(42)49(32-44)43-22-21-39-28-38(19-20-40(39)29-43)37-17-15-33-9-3-4-11-36(33)27-37;1-53(2)51-47-24-20-41(40-19-18-38-29-37(16-17-39(38)30-40)36-15-14-33-8-3-4-10-35(33)28-36)31-43(47)22-26-49(51)50-27-23-44-32-42(21-25-48(44)52(50)53)46-13-7-11-34-9-5-6-12-45(34)46/h2*3-32H,1-2H3. The van der Waals surface area contributed by atoms with E-state index in [-0.39, 0.29) is 10.8 Å². The van der Waals surface area contributed by atoms with Crippen molar-refractivity contribution < 1.29 is 0 Å². The Morgan fingerprint density at radius 2 is 0.387 bits per heavy atom. The van der Waals surface area contributed by atoms with Gasteiger partial charge >= 0.3 is 0 Å². The van der Waals surface area contributed by atoms with Crippen molar-refractivity contribution in [3.63, 3.8) is 0 Å². The minimum absolute atomic E-state index is 0.128. The second kappa shape index (κ2) is 23.8. The lowest BCUT2D eigenvalue weighted by Gasteiger charge is -2.25. The molecule has 496 valence electrons. The summed E-state index contributed by atoms with van der Waals surface area (Å²) in [7, 11) is 0. The van der Waals surface area contributed by atoms with Crippen LogP contribution in [0.15, 0.2) is 364 Å². The van der Waals surface area contributed by atoms with Crippen LogP contribution in [0.1, 0.15) is 49.9 Å². The van der Waals surface area contributed by atoms with E-state index in [4.69, 9.17) is 0 Å². The van der Waals surface area contributed by atoms with Gasteiger partial charge in [0.25, 0.3) is 0 Å². The maximum absolute atomic E-state index is 2.45. The highest BCUT2D eigenvalue weighted by molar-refractivity contribution is 6.10. The molecule has 106 heavy (non-hydrogen) atoms. The molecule has 0 fully saturated rings. The largest absolute Gasteiger partial charge is 0.0616 e. The molecular weight excluding hydrogens is 1270 g/mol. The molecule has 0 nitrogen and oxygen atoms in total. The summed E-state index contributed by atoms with van der Waals surface area (Å²) in [4.78, 5) is 0. The Balaban J connectivity index is 0.000000136. The fourth-order valence-corrected chi connectivity index (χ4v) is 18.7. The van der Waals surface area contributed by atoms with Gasteiger partial charge < -0.3 is 0 Å². The first kappa shape index (κ1) is 61.6. The molecule has 0 aromatic heterocycles. The van der Waals surface area contributed by atoms with Crippen molar-refractivity contribution in [3.05, 3.63) is 386 Å². The van der Waals surface area contributed by atoms with Gasteiger partial charge in [0, 0.05) is 10.8 Å². The topological polar surface area (TPSA) is 0 Å². The van der Waals surface area contributed by atoms with E-state index in [0.29, 0.717) is 0 Å². The van der Waals surface area contributed by atoms with E-state index in [1.165, 1.54) is 219 Å². The molecule has 20 aromatic rings. The Kier molecular flexibility index (Phi) is 13.8. The van der Waals surface area contributed by atoms with Crippen molar-refractivity contribution >= 4 is 108 Å². The fourth-order valence-electron chi connectivity index (χ4n) is 18.7. The number of hydrogen-bond donors (Lipinski definition) is 0. The van der Waals surface area contributed by atoms with Crippen molar-refractivity contribution in [2.75, 3.05) is 0 Å². The zero-order valence-electron chi connectivity index (χ0n) is 59.6. The summed E-state index contributed by atoms with van der Waals surface area (Å²) in [5.41, 5.74) is 25.9. The summed E-state index contributed by atoms with van der Waals surface area (Å²) < 4.78 is 0. The normalized spacial score (nSPS) is 13.2. The SMILES string of the molecule is CC1(C)c2c(ccc3cc(-c4ccc5cc(-c6ccc7ccccc7c6)ccc5c4)ccc23)-c2ccc3cc(-c4cccc5ccccc45)ccc3c21.CC1(C)c2c(ccc3ccccc23)-c2ccc3ccc(-c4cc(-c5ccc6cc(-c7ccc8ccccc8c7)ccc6c5)c5ccccc5c4)cc3c21. The molecule has 0 saturated carbocycles. The molecular formula is C106H72. The van der Waals surface area contributed by atoms with E-state index in [1.54, 1.807) is 0 Å². The monoisotopic (exact) mass is 1340 g/mol. The number of rotatable bonds is 6. The van der Waals surface area contributed by atoms with Gasteiger partial charge in [-0.15, -0.1) is 0 Å². The third-order valence-corrected chi connectivity index (χ3v) is 23.9. The fraction of sp³-hybridized carbons (Fsp3) is 0.0566. The van der Waals surface area contributed by atoms with Gasteiger partial charge in [-0.2, -0.15) is 0 Å². The van der Waals surface area contributed by atoms with Crippen LogP contribution in [0.4, 0.5) is 0 Å². The second-order valence-electron chi connectivity index (χ2n) is 30.7. The average Bonchev–Trinajstić information content (AvgIpc) is 1.55. The molecule has 0 unspecified atom stereocenters. The predicted molar refractivity (Wildman–Crippen MR) is 456 cm³/mol. The van der Waals surface area contributed by atoms with Crippen molar-refractivity contribution in [2.45, 2.75) is 38.5 Å². The highest BCUT2D eigenvalue weighted by Crippen LogP contribution is 2.56. The Morgan fingerprint density at radius 3 is 0.887 bits per heavy atom. The van der Waals surface area contributed by atoms with Gasteiger partial charge in [-0.05, 0) is 286 Å². The van der Waals surface area contributed by atoms with Crippen molar-refractivity contribution in [2.24, 2.45) is 0 Å². The summed E-state index contributed by atoms with van der Waals surface area (Å²) >= 11 is 0. The molecule has 0 atom stereocenters. The maximum Gasteiger partial charge on any atom is 0.0171 e. The summed E-state index contributed by atoms with van der Waals surface area (Å²) in [6.45, 7) is 9.65. The van der Waals surface area contributed by atoms with Gasteiger partial charge in [-0.3, -0.25) is 0 Å². The van der Waals surface area contributed by atoms with Crippen molar-refractivity contribution in [1.29, 1.82) is 0 Å². The highest BCUT2D eigenvalue weighted by Gasteiger charge is 2.40. The van der Waals surface area contributed by atoms with Crippen LogP contribution in [0.25, 0.3) is 197 Å². The van der Waals surface area contributed by atoms with Crippen LogP contribution in [-0.2, 0) is 10.8 Å². The molecule has 0 spiro atoms. The zero-order chi connectivity index (χ0) is 70.5. The van der Waals surface area contributed by atoms with Crippen LogP contribution in [0.3, 0.4) is 0 Å². The number of benzene rings is 20. The van der Waals surface area contributed by atoms with Crippen LogP contribution in [0.2, 0.25) is 0 Å². The molecule has 0 bridgehead atoms. The Labute approximate surface area is 617 Å². The maximum atomic E-state index is 2.45. The predicted octanol–water partition coefficient (Wildman–Crippen LogP) is 29.5. The van der Waals surface area contributed by atoms with Gasteiger partial charge in [0.15, 0.2) is 0 Å². The Morgan fingerprint density at radius 1 is 0.132 bits per heavy atom. The third kappa shape index (κ3) is 9.89. The minimum atomic E-state index is -0.141. The van der Waals surface area contributed by atoms with Gasteiger partial charge in [0.05, 0.1) is 0 Å². The zero-order valence-corrected chi connectivity index (χ0v) is 59.6. The van der Waals surface area contributed by atoms with Gasteiger partial charge in [-0.25, -0.2) is 0 Å². The van der Waals surface area contributed by atoms with E-state index < -0.39 is 0 Å². The van der Waals surface area contributed by atoms with E-state index in [2.05, 4.69) is 392 Å². The molecule has 0 heteroatoms. The van der Waals surface area contributed by atoms with E-state index in [1.807, 2.05) is 0 Å². The first-order valence-electron chi connectivity index (χ1n) is 37.3. The first-order chi connectivity index (χ1) is 52.0. The van der Waals surface area contributed by atoms with Crippen LogP contribution >= 0.6 is 0 Å². The molecule has 2 aliphatic rings. The van der Waals surface area contributed by atoms with Crippen LogP contribution in [-0.4, -0.2) is 0 Å². The van der Waals surface area contributed by atoms with Crippen molar-refractivity contribution in [3.8, 4) is 89.0 Å². The van der Waals surface area contributed by atoms with E-state index >= 15 is 0 Å². The first-order valence-corrected chi connectivity index (χ1v) is 37.3. The van der Waals surface area contributed by atoms with Crippen LogP contribution in [0.5, 0.6) is 0 Å². The van der Waals surface area contributed by atoms with E-state index in [9.17, 15) is 0 Å². The summed E-state index contributed by atoms with van der Waals surface area (Å²) in [6.07, 6.45) is 0. The summed E-state index contributed by atoms with van der Waals surface area (Å²) in [5.74, 6) is 0. The van der Waals surface area contributed by atoms with Gasteiger partial charge in [0.1, 0.15) is 0 Å². The molecule has 0 heterocycles. The van der Waals surface area contributed by atoms with Crippen molar-refractivity contribution in [1.82, 2.24) is 0 Å². The quantitative estimate of drug-likeness (QED) is 0.156. The Bertz CT molecular complexity index is 7130. The average molecular weight is 1350 g/mol. The van der Waals surface area contributed by atoms with Gasteiger partial charge in [-0.1, -0.05) is 325 Å². The Hall–Kier alpha value is -13.0. The third-order valence-electron chi connectivity index (χ3n) is 23.9. The molecule has 20 aromatic carbocycles. The van der Waals surface area contributed by atoms with E-state index in [0.717, 1.165) is 0 Å². The number of hydrogen-bond acceptors (Lipinski definition) is 0. The molecule has 0 radical (unpaired) electrons. The van der Waals surface area contributed by atoms with Crippen LogP contribution < -0.4 is 0 Å². The highest BCUT2D eigenvalue weighted by atomic mass is 14.4. The minimum Gasteiger partial charge on any atom is -0.0616 e. The molecule has 22 rings (SSSR count). The molecule has 0 amide bonds. The summed E-state index contributed by atoms with van der Waals surface area (Å²) in [5, 5.41) is 25.8. The summed E-state index contributed by atoms with van der Waals surface area (Å²) in [6, 6.07) is 136. The lowest BCUT2D eigenvalue weighted by molar-refractivity contribution is 0.672. The van der Waals surface area contributed by atoms with Crippen LogP contribution in [0, 0.1) is 0 Å². The number of fused-ring (bicyclic) bond motifs is 20. The lowest BCUT2D eigenvalue weighted by Crippen LogP contribution is -2.16. The molecule has 0 saturated heterocycles. The molecule has 2 aliphatic carbocycles. The molecule has 0 N–H and O–H groups in total. The smallest absolute Gasteiger partial charge is 0.0171 e. The molecule has 0 aliphatic heterocycles. The van der Waals surface area contributed by atoms with Gasteiger partial charge in [0.2, 0.25) is 0 Å². The lowest BCUT2D eigenvalue weighted by atomic mass is 9.78.